The van der Waals surface area contributed by atoms with Crippen molar-refractivity contribution >= 4 is 39.5 Å². The lowest BCUT2D eigenvalue weighted by Crippen LogP contribution is -2.30. The van der Waals surface area contributed by atoms with Crippen LogP contribution in [0.1, 0.15) is 413 Å². The Morgan fingerprint density at radius 2 is 0.474 bits per heavy atom. The monoisotopic (exact) mass is 1420 g/mol. The van der Waals surface area contributed by atoms with E-state index in [0.29, 0.717) is 25.7 Å². The topological polar surface area (TPSA) is 237 Å². The second-order valence-corrected chi connectivity index (χ2v) is 31.5. The van der Waals surface area contributed by atoms with Gasteiger partial charge in [0.2, 0.25) is 0 Å². The molecule has 0 aromatic heterocycles. The van der Waals surface area contributed by atoms with Gasteiger partial charge in [-0.15, -0.1) is 0 Å². The van der Waals surface area contributed by atoms with Crippen LogP contribution < -0.4 is 0 Å². The first-order valence-corrected chi connectivity index (χ1v) is 43.6. The van der Waals surface area contributed by atoms with E-state index in [1.165, 1.54) is 238 Å². The molecule has 3 N–H and O–H groups in total. The number of unbranched alkanes of at least 4 members (excludes halogenated alkanes) is 50. The number of esters is 4. The molecule has 5 atom stereocenters. The molecule has 0 rings (SSSR count). The molecule has 97 heavy (non-hydrogen) atoms. The summed E-state index contributed by atoms with van der Waals surface area (Å²) >= 11 is 0. The first-order chi connectivity index (χ1) is 47.0. The van der Waals surface area contributed by atoms with Crippen LogP contribution in [-0.4, -0.2) is 96.7 Å². The van der Waals surface area contributed by atoms with Crippen LogP contribution in [0.5, 0.6) is 0 Å². The van der Waals surface area contributed by atoms with Crippen molar-refractivity contribution in [3.8, 4) is 0 Å². The lowest BCUT2D eigenvalue weighted by Gasteiger charge is -2.21. The highest BCUT2D eigenvalue weighted by Gasteiger charge is 2.30. The Labute approximate surface area is 594 Å². The van der Waals surface area contributed by atoms with Crippen LogP contribution in [0, 0.1) is 5.92 Å². The summed E-state index contributed by atoms with van der Waals surface area (Å²) < 4.78 is 68.5. The van der Waals surface area contributed by atoms with E-state index in [4.69, 9.17) is 37.0 Å². The molecule has 0 fully saturated rings. The number of carbonyl (C=O) groups is 4. The first kappa shape index (κ1) is 95.1. The largest absolute Gasteiger partial charge is 0.472 e. The third-order valence-electron chi connectivity index (χ3n) is 18.3. The zero-order valence-electron chi connectivity index (χ0n) is 63.2. The Morgan fingerprint density at radius 3 is 0.701 bits per heavy atom. The summed E-state index contributed by atoms with van der Waals surface area (Å²) in [4.78, 5) is 72.8. The van der Waals surface area contributed by atoms with Crippen molar-refractivity contribution in [3.05, 3.63) is 0 Å². The van der Waals surface area contributed by atoms with E-state index in [-0.39, 0.29) is 25.7 Å². The van der Waals surface area contributed by atoms with E-state index in [2.05, 4.69) is 34.6 Å². The lowest BCUT2D eigenvalue weighted by atomic mass is 10.0. The van der Waals surface area contributed by atoms with Gasteiger partial charge in [0, 0.05) is 25.7 Å². The van der Waals surface area contributed by atoms with Crippen LogP contribution in [0.25, 0.3) is 0 Å². The molecule has 0 aliphatic carbocycles. The molecule has 2 unspecified atom stereocenters. The van der Waals surface area contributed by atoms with Gasteiger partial charge in [-0.1, -0.05) is 362 Å². The van der Waals surface area contributed by atoms with Crippen molar-refractivity contribution in [2.75, 3.05) is 39.6 Å². The van der Waals surface area contributed by atoms with Crippen molar-refractivity contribution in [1.29, 1.82) is 0 Å². The Balaban J connectivity index is 5.18. The van der Waals surface area contributed by atoms with Gasteiger partial charge in [0.1, 0.15) is 19.3 Å². The summed E-state index contributed by atoms with van der Waals surface area (Å²) in [6.07, 6.45) is 61.2. The third kappa shape index (κ3) is 72.2. The number of hydrogen-bond acceptors (Lipinski definition) is 15. The summed E-state index contributed by atoms with van der Waals surface area (Å²) in [5.41, 5.74) is 0. The van der Waals surface area contributed by atoms with Crippen LogP contribution in [0.3, 0.4) is 0 Å². The van der Waals surface area contributed by atoms with E-state index in [0.717, 1.165) is 95.8 Å². The molecule has 0 amide bonds. The Bertz CT molecular complexity index is 1860. The average molecular weight is 1420 g/mol. The molecule has 19 heteroatoms. The highest BCUT2D eigenvalue weighted by Crippen LogP contribution is 2.45. The fourth-order valence-corrected chi connectivity index (χ4v) is 13.6. The molecule has 0 aliphatic rings. The number of hydrogen-bond donors (Lipinski definition) is 3. The maximum atomic E-state index is 13.1. The van der Waals surface area contributed by atoms with Crippen LogP contribution in [-0.2, 0) is 65.4 Å². The summed E-state index contributed by atoms with van der Waals surface area (Å²) in [5.74, 6) is -1.40. The SMILES string of the molecule is CCCCCCCCCCCCCCCCCCCCCCCCC(=O)O[C@H](COC(=O)CCCCCCCCCCCCCCCC)COP(=O)(O)OC[C@@H](O)COP(=O)(O)OC[C@@H](COC(=O)CCCCCCCCCCCC)OC(=O)CCCCCCCCCCC(C)C. The van der Waals surface area contributed by atoms with E-state index in [1.54, 1.807) is 0 Å². The van der Waals surface area contributed by atoms with E-state index in [9.17, 15) is 43.2 Å². The maximum Gasteiger partial charge on any atom is 0.472 e. The second-order valence-electron chi connectivity index (χ2n) is 28.6. The fraction of sp³-hybridized carbons (Fsp3) is 0.949. The zero-order chi connectivity index (χ0) is 71.2. The third-order valence-corrected chi connectivity index (χ3v) is 20.2. The minimum atomic E-state index is -4.96. The predicted octanol–water partition coefficient (Wildman–Crippen LogP) is 23.3. The van der Waals surface area contributed by atoms with E-state index >= 15 is 0 Å². The lowest BCUT2D eigenvalue weighted by molar-refractivity contribution is -0.161. The molecule has 0 saturated carbocycles. The maximum absolute atomic E-state index is 13.1. The van der Waals surface area contributed by atoms with Gasteiger partial charge >= 0.3 is 39.5 Å². The van der Waals surface area contributed by atoms with Crippen molar-refractivity contribution in [1.82, 2.24) is 0 Å². The summed E-state index contributed by atoms with van der Waals surface area (Å²) in [5, 5.41) is 10.6. The quantitative estimate of drug-likeness (QED) is 0.0222. The summed E-state index contributed by atoms with van der Waals surface area (Å²) in [6, 6.07) is 0. The van der Waals surface area contributed by atoms with Gasteiger partial charge in [-0.05, 0) is 31.6 Å². The molecule has 0 spiro atoms. The van der Waals surface area contributed by atoms with Crippen LogP contribution in [0.15, 0.2) is 0 Å². The van der Waals surface area contributed by atoms with Crippen molar-refractivity contribution in [2.45, 2.75) is 432 Å². The zero-order valence-corrected chi connectivity index (χ0v) is 65.0. The number of carbonyl (C=O) groups excluding carboxylic acids is 4. The van der Waals surface area contributed by atoms with Gasteiger partial charge < -0.3 is 33.8 Å². The number of aliphatic hydroxyl groups excluding tert-OH is 1. The summed E-state index contributed by atoms with van der Waals surface area (Å²) in [6.45, 7) is 7.25. The molecule has 0 bridgehead atoms. The molecule has 0 heterocycles. The molecule has 0 aromatic carbocycles. The highest BCUT2D eigenvalue weighted by atomic mass is 31.2. The molecule has 17 nitrogen and oxygen atoms in total. The normalized spacial score (nSPS) is 13.9. The van der Waals surface area contributed by atoms with Crippen LogP contribution in [0.2, 0.25) is 0 Å². The number of ether oxygens (including phenoxy) is 4. The molecule has 576 valence electrons. The van der Waals surface area contributed by atoms with Crippen molar-refractivity contribution in [2.24, 2.45) is 5.92 Å². The smallest absolute Gasteiger partial charge is 0.462 e. The Hall–Kier alpha value is -1.94. The number of phosphoric ester groups is 2. The van der Waals surface area contributed by atoms with Crippen LogP contribution in [0.4, 0.5) is 0 Å². The highest BCUT2D eigenvalue weighted by molar-refractivity contribution is 7.47. The Kier molecular flexibility index (Phi) is 69.6. The van der Waals surface area contributed by atoms with Crippen LogP contribution >= 0.6 is 15.6 Å². The number of phosphoric acid groups is 2. The van der Waals surface area contributed by atoms with E-state index < -0.39 is 97.5 Å². The minimum absolute atomic E-state index is 0.105. The fourth-order valence-electron chi connectivity index (χ4n) is 12.1. The predicted molar refractivity (Wildman–Crippen MR) is 395 cm³/mol. The molecule has 0 saturated heterocycles. The average Bonchev–Trinajstić information content (AvgIpc) is 1.24. The number of rotatable bonds is 78. The van der Waals surface area contributed by atoms with Gasteiger partial charge in [0.15, 0.2) is 12.2 Å². The van der Waals surface area contributed by atoms with Gasteiger partial charge in [-0.3, -0.25) is 37.3 Å². The van der Waals surface area contributed by atoms with Gasteiger partial charge in [0.05, 0.1) is 26.4 Å². The van der Waals surface area contributed by atoms with Gasteiger partial charge in [-0.2, -0.15) is 0 Å². The van der Waals surface area contributed by atoms with Crippen molar-refractivity contribution < 1.29 is 80.2 Å². The molecular weight excluding hydrogens is 1270 g/mol. The molecular formula is C78H152O17P2. The molecule has 0 radical (unpaired) electrons. The van der Waals surface area contributed by atoms with E-state index in [1.807, 2.05) is 0 Å². The molecule has 0 aliphatic heterocycles. The second kappa shape index (κ2) is 71.1. The molecule has 0 aromatic rings. The Morgan fingerprint density at radius 1 is 0.278 bits per heavy atom. The van der Waals surface area contributed by atoms with Gasteiger partial charge in [0.25, 0.3) is 0 Å². The standard InChI is InChI=1S/C78H152O17P2/c1-6-9-12-15-18-21-24-26-28-29-30-31-32-33-34-35-37-39-42-48-53-58-63-77(82)94-73(67-89-76(81)62-57-52-47-41-38-36-27-25-22-19-16-13-10-7-2)69-92-96(84,85)90-65-72(79)66-91-97(86,87)93-70-74(68-88-75(80)61-56-51-46-40-23-20-17-14-11-8-3)95-78(83)64-59-54-49-44-43-45-50-55-60-71(4)5/h71-74,79H,6-70H2,1-5H3,(H,84,85)(H,86,87)/t72-,73-,74-/m1/s1. The minimum Gasteiger partial charge on any atom is -0.462 e. The van der Waals surface area contributed by atoms with Gasteiger partial charge in [-0.25, -0.2) is 9.13 Å². The summed E-state index contributed by atoms with van der Waals surface area (Å²) in [7, 11) is -9.91. The first-order valence-electron chi connectivity index (χ1n) is 40.6. The number of aliphatic hydroxyl groups is 1. The van der Waals surface area contributed by atoms with Crippen molar-refractivity contribution in [3.63, 3.8) is 0 Å².